The lowest BCUT2D eigenvalue weighted by Gasteiger charge is -2.22. The number of esters is 1. The third-order valence-corrected chi connectivity index (χ3v) is 5.76. The Kier molecular flexibility index (Phi) is 4.36. The number of carbonyl (C=O) groups is 3. The third-order valence-electron chi connectivity index (χ3n) is 5.76. The van der Waals surface area contributed by atoms with E-state index in [2.05, 4.69) is 21.8 Å². The summed E-state index contributed by atoms with van der Waals surface area (Å²) in [6, 6.07) is 6.03. The van der Waals surface area contributed by atoms with Crippen molar-refractivity contribution in [1.29, 1.82) is 0 Å². The number of likely N-dealkylation sites (tertiary alicyclic amines) is 1. The second-order valence-electron chi connectivity index (χ2n) is 7.24. The summed E-state index contributed by atoms with van der Waals surface area (Å²) in [5.41, 5.74) is 0.899. The summed E-state index contributed by atoms with van der Waals surface area (Å²) in [5, 5.41) is 0. The highest BCUT2D eigenvalue weighted by Crippen LogP contribution is 2.36. The van der Waals surface area contributed by atoms with E-state index >= 15 is 0 Å². The number of imide groups is 1. The van der Waals surface area contributed by atoms with Crippen molar-refractivity contribution in [2.75, 3.05) is 25.1 Å². The number of hydrogen-bond donors (Lipinski definition) is 0. The Labute approximate surface area is 152 Å². The van der Waals surface area contributed by atoms with Gasteiger partial charge in [-0.2, -0.15) is 0 Å². The van der Waals surface area contributed by atoms with E-state index in [-0.39, 0.29) is 24.3 Å². The molecule has 136 valence electrons. The molecule has 0 bridgehead atoms. The van der Waals surface area contributed by atoms with Crippen LogP contribution in [0.25, 0.3) is 0 Å². The highest BCUT2D eigenvalue weighted by Gasteiger charge is 2.46. The van der Waals surface area contributed by atoms with Crippen LogP contribution in [0.1, 0.15) is 29.6 Å². The number of fused-ring (bicyclic) bond motifs is 1. The van der Waals surface area contributed by atoms with Crippen molar-refractivity contribution in [2.45, 2.75) is 25.3 Å². The summed E-state index contributed by atoms with van der Waals surface area (Å²) < 4.78 is 4.68. The fourth-order valence-corrected chi connectivity index (χ4v) is 4.34. The first-order valence-electron chi connectivity index (χ1n) is 9.02. The van der Waals surface area contributed by atoms with Gasteiger partial charge >= 0.3 is 5.97 Å². The van der Waals surface area contributed by atoms with Crippen molar-refractivity contribution in [2.24, 2.45) is 11.8 Å². The molecule has 3 atom stereocenters. The highest BCUT2D eigenvalue weighted by atomic mass is 16.5. The average molecular weight is 354 g/mol. The van der Waals surface area contributed by atoms with Crippen molar-refractivity contribution in [1.82, 2.24) is 4.90 Å². The van der Waals surface area contributed by atoms with Crippen molar-refractivity contribution in [3.05, 3.63) is 42.0 Å². The van der Waals surface area contributed by atoms with Crippen LogP contribution in [0.4, 0.5) is 5.69 Å². The molecule has 2 saturated heterocycles. The van der Waals surface area contributed by atoms with E-state index in [1.54, 1.807) is 24.3 Å². The molecule has 3 unspecified atom stereocenters. The van der Waals surface area contributed by atoms with Gasteiger partial charge in [-0.3, -0.25) is 14.5 Å². The number of nitrogens with zero attached hydrogens (tertiary/aromatic N) is 2. The van der Waals surface area contributed by atoms with E-state index < -0.39 is 5.97 Å². The fraction of sp³-hybridized carbons (Fsp3) is 0.450. The van der Waals surface area contributed by atoms with Crippen LogP contribution in [-0.2, 0) is 14.3 Å². The van der Waals surface area contributed by atoms with Crippen molar-refractivity contribution in [3.63, 3.8) is 0 Å². The molecule has 1 aliphatic carbocycles. The van der Waals surface area contributed by atoms with Crippen molar-refractivity contribution >= 4 is 23.5 Å². The zero-order valence-corrected chi connectivity index (χ0v) is 14.8. The number of carbonyl (C=O) groups excluding carboxylic acids is 3. The van der Waals surface area contributed by atoms with Gasteiger partial charge in [0.15, 0.2) is 0 Å². The molecule has 0 N–H and O–H groups in total. The Morgan fingerprint density at radius 3 is 2.23 bits per heavy atom. The number of amides is 2. The van der Waals surface area contributed by atoms with Gasteiger partial charge in [0.2, 0.25) is 5.91 Å². The largest absolute Gasteiger partial charge is 0.465 e. The molecule has 6 heteroatoms. The maximum atomic E-state index is 12.9. The van der Waals surface area contributed by atoms with Gasteiger partial charge in [0.25, 0.3) is 5.91 Å². The molecule has 2 heterocycles. The summed E-state index contributed by atoms with van der Waals surface area (Å²) in [7, 11) is 1.32. The number of allylic oxidation sites excluding steroid dienone is 2. The Hall–Kier alpha value is -2.47. The van der Waals surface area contributed by atoms with E-state index in [4.69, 9.17) is 0 Å². The Morgan fingerprint density at radius 2 is 1.65 bits per heavy atom. The van der Waals surface area contributed by atoms with Crippen molar-refractivity contribution < 1.29 is 19.1 Å². The van der Waals surface area contributed by atoms with Crippen LogP contribution in [-0.4, -0.2) is 48.9 Å². The Morgan fingerprint density at radius 1 is 1.04 bits per heavy atom. The molecule has 0 spiro atoms. The van der Waals surface area contributed by atoms with Crippen LogP contribution < -0.4 is 4.90 Å². The summed E-state index contributed by atoms with van der Waals surface area (Å²) >= 11 is 0. The number of rotatable bonds is 3. The van der Waals surface area contributed by atoms with Gasteiger partial charge in [0.05, 0.1) is 30.8 Å². The zero-order valence-electron chi connectivity index (χ0n) is 14.8. The summed E-state index contributed by atoms with van der Waals surface area (Å²) in [6.45, 7) is 1.77. The predicted octanol–water partition coefficient (Wildman–Crippen LogP) is 2.00. The Balaban J connectivity index is 1.50. The smallest absolute Gasteiger partial charge is 0.337 e. The minimum atomic E-state index is -0.443. The minimum Gasteiger partial charge on any atom is -0.465 e. The van der Waals surface area contributed by atoms with Gasteiger partial charge < -0.3 is 4.74 Å². The molecule has 6 nitrogen and oxygen atoms in total. The number of benzene rings is 1. The number of anilines is 1. The quantitative estimate of drug-likeness (QED) is 0.472. The van der Waals surface area contributed by atoms with E-state index in [9.17, 15) is 14.4 Å². The molecule has 1 aromatic carbocycles. The van der Waals surface area contributed by atoms with E-state index in [0.717, 1.165) is 25.9 Å². The predicted molar refractivity (Wildman–Crippen MR) is 95.6 cm³/mol. The lowest BCUT2D eigenvalue weighted by molar-refractivity contribution is -0.122. The summed E-state index contributed by atoms with van der Waals surface area (Å²) in [4.78, 5) is 40.4. The van der Waals surface area contributed by atoms with Crippen LogP contribution in [0.3, 0.4) is 0 Å². The first-order valence-corrected chi connectivity index (χ1v) is 9.02. The van der Waals surface area contributed by atoms with Crippen LogP contribution in [0, 0.1) is 11.8 Å². The first-order chi connectivity index (χ1) is 12.6. The molecule has 2 fully saturated rings. The molecule has 3 aliphatic rings. The second-order valence-corrected chi connectivity index (χ2v) is 7.24. The monoisotopic (exact) mass is 354 g/mol. The lowest BCUT2D eigenvalue weighted by atomic mass is 9.86. The lowest BCUT2D eigenvalue weighted by Crippen LogP contribution is -2.41. The number of ether oxygens (including phenoxy) is 1. The van der Waals surface area contributed by atoms with E-state index in [1.165, 1.54) is 12.0 Å². The van der Waals surface area contributed by atoms with Gasteiger partial charge in [-0.05, 0) is 48.9 Å². The SMILES string of the molecule is COC(=O)c1ccc(N2C(=O)CC(N3CC4CC=CCC4C3)C2=O)cc1. The normalized spacial score (nSPS) is 28.5. The zero-order chi connectivity index (χ0) is 18.3. The maximum absolute atomic E-state index is 12.9. The van der Waals surface area contributed by atoms with Gasteiger partial charge in [0, 0.05) is 13.1 Å². The molecular weight excluding hydrogens is 332 g/mol. The third kappa shape index (κ3) is 2.84. The first kappa shape index (κ1) is 17.0. The number of hydrogen-bond acceptors (Lipinski definition) is 5. The summed E-state index contributed by atoms with van der Waals surface area (Å²) in [5.74, 6) is 0.403. The Bertz CT molecular complexity index is 755. The van der Waals surface area contributed by atoms with Gasteiger partial charge in [-0.1, -0.05) is 12.2 Å². The molecular formula is C20H22N2O4. The van der Waals surface area contributed by atoms with E-state index in [1.807, 2.05) is 0 Å². The van der Waals surface area contributed by atoms with Gasteiger partial charge in [-0.25, -0.2) is 9.69 Å². The molecule has 0 radical (unpaired) electrons. The number of methoxy groups -OCH3 is 1. The maximum Gasteiger partial charge on any atom is 0.337 e. The molecule has 2 amide bonds. The fourth-order valence-electron chi connectivity index (χ4n) is 4.34. The standard InChI is InChI=1S/C20H22N2O4/c1-26-20(25)13-6-8-16(9-7-13)22-18(23)10-17(19(22)24)21-11-14-4-2-3-5-15(14)12-21/h2-3,6-9,14-15,17H,4-5,10-12H2,1H3. The van der Waals surface area contributed by atoms with Crippen molar-refractivity contribution in [3.8, 4) is 0 Å². The van der Waals surface area contributed by atoms with Gasteiger partial charge in [0.1, 0.15) is 0 Å². The van der Waals surface area contributed by atoms with Crippen LogP contribution in [0.5, 0.6) is 0 Å². The molecule has 4 rings (SSSR count). The molecule has 26 heavy (non-hydrogen) atoms. The molecule has 1 aromatic rings. The molecule has 0 aromatic heterocycles. The van der Waals surface area contributed by atoms with Crippen LogP contribution >= 0.6 is 0 Å². The summed E-state index contributed by atoms with van der Waals surface area (Å²) in [6.07, 6.45) is 6.80. The average Bonchev–Trinajstić information content (AvgIpc) is 3.21. The van der Waals surface area contributed by atoms with Gasteiger partial charge in [-0.15, -0.1) is 0 Å². The minimum absolute atomic E-state index is 0.160. The molecule has 2 aliphatic heterocycles. The van der Waals surface area contributed by atoms with Crippen LogP contribution in [0.15, 0.2) is 36.4 Å². The second kappa shape index (κ2) is 6.68. The van der Waals surface area contributed by atoms with E-state index in [0.29, 0.717) is 23.1 Å². The molecule has 0 saturated carbocycles. The highest BCUT2D eigenvalue weighted by molar-refractivity contribution is 6.22. The topological polar surface area (TPSA) is 66.9 Å². The van der Waals surface area contributed by atoms with Crippen LogP contribution in [0.2, 0.25) is 0 Å².